The number of nitrogens with zero attached hydrogens (tertiary/aromatic N) is 3. The summed E-state index contributed by atoms with van der Waals surface area (Å²) < 4.78 is 12.8. The monoisotopic (exact) mass is 337 g/mol. The lowest BCUT2D eigenvalue weighted by Gasteiger charge is -2.09. The second-order valence-corrected chi connectivity index (χ2v) is 6.13. The van der Waals surface area contributed by atoms with Gasteiger partial charge in [0.1, 0.15) is 5.76 Å². The summed E-state index contributed by atoms with van der Waals surface area (Å²) in [5, 5.41) is 4.75. The maximum Gasteiger partial charge on any atom is 0.374 e. The molecule has 3 aromatic rings. The molecule has 0 atom stereocenters. The predicted octanol–water partition coefficient (Wildman–Crippen LogP) is 3.17. The Kier molecular flexibility index (Phi) is 3.87. The predicted molar refractivity (Wildman–Crippen MR) is 91.4 cm³/mol. The van der Waals surface area contributed by atoms with Crippen LogP contribution in [0.1, 0.15) is 39.9 Å². The maximum absolute atomic E-state index is 12.1. The molecule has 25 heavy (non-hydrogen) atoms. The fraction of sp³-hybridized carbons (Fsp3) is 0.316. The molecule has 0 fully saturated rings. The highest BCUT2D eigenvalue weighted by molar-refractivity contribution is 5.91. The van der Waals surface area contributed by atoms with E-state index in [-0.39, 0.29) is 0 Å². The van der Waals surface area contributed by atoms with Gasteiger partial charge in [-0.05, 0) is 43.5 Å². The molecule has 3 heterocycles. The number of pyridine rings is 1. The number of carbonyl (C=O) groups excluding carboxylic acids is 1. The van der Waals surface area contributed by atoms with Gasteiger partial charge in [0.2, 0.25) is 5.76 Å². The third kappa shape index (κ3) is 2.73. The number of fused-ring (bicyclic) bond motifs is 3. The quantitative estimate of drug-likeness (QED) is 0.684. The first-order chi connectivity index (χ1) is 12.2. The van der Waals surface area contributed by atoms with Crippen LogP contribution >= 0.6 is 0 Å². The summed E-state index contributed by atoms with van der Waals surface area (Å²) >= 11 is 0. The van der Waals surface area contributed by atoms with Crippen molar-refractivity contribution in [2.45, 2.75) is 33.2 Å². The molecule has 0 amide bonds. The first kappa shape index (κ1) is 15.6. The van der Waals surface area contributed by atoms with E-state index in [9.17, 15) is 4.79 Å². The molecule has 0 saturated carbocycles. The van der Waals surface area contributed by atoms with Crippen molar-refractivity contribution in [1.29, 1.82) is 0 Å². The summed E-state index contributed by atoms with van der Waals surface area (Å²) in [6.45, 7) is 4.70. The van der Waals surface area contributed by atoms with Crippen LogP contribution in [0.3, 0.4) is 0 Å². The largest absolute Gasteiger partial charge is 0.460 e. The molecule has 6 heteroatoms. The van der Waals surface area contributed by atoms with Crippen molar-refractivity contribution in [3.63, 3.8) is 0 Å². The first-order valence-electron chi connectivity index (χ1n) is 8.42. The molecule has 0 aliphatic heterocycles. The fourth-order valence-electron chi connectivity index (χ4n) is 3.31. The third-order valence-corrected chi connectivity index (χ3v) is 4.47. The minimum atomic E-state index is -0.410. The number of rotatable bonds is 4. The highest BCUT2D eigenvalue weighted by Gasteiger charge is 2.30. The molecule has 1 aliphatic rings. The van der Waals surface area contributed by atoms with Crippen molar-refractivity contribution < 1.29 is 13.9 Å². The minimum absolute atomic E-state index is 0.295. The van der Waals surface area contributed by atoms with Gasteiger partial charge in [-0.2, -0.15) is 5.10 Å². The zero-order valence-corrected chi connectivity index (χ0v) is 14.3. The number of ether oxygens (including phenoxy) is 1. The van der Waals surface area contributed by atoms with Crippen molar-refractivity contribution >= 4 is 5.97 Å². The average Bonchev–Trinajstić information content (AvgIpc) is 3.16. The molecule has 0 unspecified atom stereocenters. The SMILES string of the molecule is CCOC(=O)c1oc2c(c1C)-c1nn(Cc3ccncc3)cc1CC2. The Morgan fingerprint density at radius 1 is 1.32 bits per heavy atom. The second-order valence-electron chi connectivity index (χ2n) is 6.13. The first-order valence-corrected chi connectivity index (χ1v) is 8.42. The topological polar surface area (TPSA) is 70.2 Å². The van der Waals surface area contributed by atoms with E-state index >= 15 is 0 Å². The number of hydrogen-bond acceptors (Lipinski definition) is 5. The lowest BCUT2D eigenvalue weighted by Crippen LogP contribution is -2.05. The smallest absolute Gasteiger partial charge is 0.374 e. The van der Waals surface area contributed by atoms with Gasteiger partial charge in [-0.1, -0.05) is 0 Å². The summed E-state index contributed by atoms with van der Waals surface area (Å²) in [6, 6.07) is 3.96. The van der Waals surface area contributed by atoms with Crippen LogP contribution in [0.15, 0.2) is 35.1 Å². The summed E-state index contributed by atoms with van der Waals surface area (Å²) in [7, 11) is 0. The van der Waals surface area contributed by atoms with Gasteiger partial charge in [-0.25, -0.2) is 4.79 Å². The standard InChI is InChI=1S/C19H19N3O3/c1-3-24-19(23)18-12(2)16-15(25-18)5-4-14-11-22(21-17(14)16)10-13-6-8-20-9-7-13/h6-9,11H,3-5,10H2,1-2H3. The second kappa shape index (κ2) is 6.20. The van der Waals surface area contributed by atoms with E-state index in [1.807, 2.05) is 23.7 Å². The van der Waals surface area contributed by atoms with E-state index < -0.39 is 5.97 Å². The van der Waals surface area contributed by atoms with E-state index in [2.05, 4.69) is 11.2 Å². The van der Waals surface area contributed by atoms with Crippen molar-refractivity contribution in [2.75, 3.05) is 6.61 Å². The van der Waals surface area contributed by atoms with Gasteiger partial charge in [-0.15, -0.1) is 0 Å². The van der Waals surface area contributed by atoms with Gasteiger partial charge in [0.15, 0.2) is 0 Å². The van der Waals surface area contributed by atoms with Crippen LogP contribution in [-0.4, -0.2) is 27.3 Å². The summed E-state index contributed by atoms with van der Waals surface area (Å²) in [6.07, 6.45) is 7.26. The van der Waals surface area contributed by atoms with Crippen LogP contribution in [0.4, 0.5) is 0 Å². The van der Waals surface area contributed by atoms with Crippen LogP contribution < -0.4 is 0 Å². The van der Waals surface area contributed by atoms with E-state index in [4.69, 9.17) is 14.3 Å². The Morgan fingerprint density at radius 3 is 2.88 bits per heavy atom. The normalized spacial score (nSPS) is 12.6. The Hall–Kier alpha value is -2.89. The van der Waals surface area contributed by atoms with Crippen LogP contribution in [0.5, 0.6) is 0 Å². The van der Waals surface area contributed by atoms with Crippen LogP contribution in [-0.2, 0) is 24.1 Å². The van der Waals surface area contributed by atoms with Gasteiger partial charge >= 0.3 is 5.97 Å². The molecular formula is C19H19N3O3. The molecule has 0 radical (unpaired) electrons. The molecule has 6 nitrogen and oxygen atoms in total. The van der Waals surface area contributed by atoms with Crippen LogP contribution in [0.25, 0.3) is 11.3 Å². The number of carbonyl (C=O) groups is 1. The average molecular weight is 337 g/mol. The Morgan fingerprint density at radius 2 is 2.12 bits per heavy atom. The van der Waals surface area contributed by atoms with Crippen LogP contribution in [0, 0.1) is 6.92 Å². The molecule has 0 aromatic carbocycles. The maximum atomic E-state index is 12.1. The molecule has 1 aliphatic carbocycles. The summed E-state index contributed by atoms with van der Waals surface area (Å²) in [5.74, 6) is 0.706. The summed E-state index contributed by atoms with van der Waals surface area (Å²) in [5.41, 5.74) is 4.99. The molecule has 0 N–H and O–H groups in total. The van der Waals surface area contributed by atoms with Gasteiger partial charge in [0.05, 0.1) is 18.8 Å². The molecule has 3 aromatic heterocycles. The van der Waals surface area contributed by atoms with Gasteiger partial charge in [0, 0.05) is 36.1 Å². The number of aryl methyl sites for hydroxylation is 2. The van der Waals surface area contributed by atoms with Gasteiger partial charge in [-0.3, -0.25) is 9.67 Å². The van der Waals surface area contributed by atoms with Gasteiger partial charge < -0.3 is 9.15 Å². The number of aromatic nitrogens is 3. The summed E-state index contributed by atoms with van der Waals surface area (Å²) in [4.78, 5) is 16.1. The molecule has 0 saturated heterocycles. The Labute approximate surface area is 145 Å². The zero-order chi connectivity index (χ0) is 17.4. The Bertz CT molecular complexity index is 925. The number of furan rings is 1. The minimum Gasteiger partial charge on any atom is -0.460 e. The lowest BCUT2D eigenvalue weighted by molar-refractivity contribution is 0.0487. The molecular weight excluding hydrogens is 318 g/mol. The third-order valence-electron chi connectivity index (χ3n) is 4.47. The number of esters is 1. The van der Waals surface area contributed by atoms with Gasteiger partial charge in [0.25, 0.3) is 0 Å². The van der Waals surface area contributed by atoms with Crippen molar-refractivity contribution in [3.05, 3.63) is 58.9 Å². The van der Waals surface area contributed by atoms with Crippen molar-refractivity contribution in [2.24, 2.45) is 0 Å². The lowest BCUT2D eigenvalue weighted by atomic mass is 9.94. The Balaban J connectivity index is 1.70. The molecule has 0 bridgehead atoms. The van der Waals surface area contributed by atoms with Crippen molar-refractivity contribution in [3.8, 4) is 11.3 Å². The zero-order valence-electron chi connectivity index (χ0n) is 14.3. The van der Waals surface area contributed by atoms with E-state index in [0.717, 1.165) is 41.0 Å². The highest BCUT2D eigenvalue weighted by atomic mass is 16.5. The van der Waals surface area contributed by atoms with Crippen molar-refractivity contribution in [1.82, 2.24) is 14.8 Å². The number of hydrogen-bond donors (Lipinski definition) is 0. The van der Waals surface area contributed by atoms with E-state index in [1.54, 1.807) is 19.3 Å². The van der Waals surface area contributed by atoms with E-state index in [0.29, 0.717) is 18.9 Å². The fourth-order valence-corrected chi connectivity index (χ4v) is 3.31. The van der Waals surface area contributed by atoms with E-state index in [1.165, 1.54) is 5.56 Å². The molecule has 0 spiro atoms. The highest BCUT2D eigenvalue weighted by Crippen LogP contribution is 2.38. The molecule has 4 rings (SSSR count). The molecule has 128 valence electrons. The van der Waals surface area contributed by atoms with Crippen LogP contribution in [0.2, 0.25) is 0 Å².